The van der Waals surface area contributed by atoms with Crippen LogP contribution in [0, 0.1) is 17.0 Å². The molecule has 0 spiro atoms. The molecule has 0 atom stereocenters. The second-order valence-electron chi connectivity index (χ2n) is 6.43. The van der Waals surface area contributed by atoms with Gasteiger partial charge in [-0.3, -0.25) is 19.7 Å². The third-order valence-corrected chi connectivity index (χ3v) is 4.72. The van der Waals surface area contributed by atoms with Crippen molar-refractivity contribution in [1.82, 2.24) is 0 Å². The maximum atomic E-state index is 13.0. The lowest BCUT2D eigenvalue weighted by atomic mass is 10.0. The Balaban J connectivity index is 1.91. The zero-order chi connectivity index (χ0) is 20.0. The molecule has 0 aromatic heterocycles. The number of benzene rings is 3. The Morgan fingerprint density at radius 2 is 1.54 bits per heavy atom. The van der Waals surface area contributed by atoms with Crippen LogP contribution >= 0.6 is 0 Å². The number of nitro benzene ring substituents is 1. The van der Waals surface area contributed by atoms with Crippen molar-refractivity contribution >= 4 is 23.2 Å². The van der Waals surface area contributed by atoms with E-state index in [9.17, 15) is 24.8 Å². The standard InChI is InChI=1S/C21H14N2O5/c1-12-10-15-16(11-17(12)23(27)28)21(26)22(20(15)25)19-14(8-5-9-18(19)24)13-6-3-2-4-7-13/h2-11,24H,1H3. The Kier molecular flexibility index (Phi) is 3.93. The molecule has 7 nitrogen and oxygen atoms in total. The highest BCUT2D eigenvalue weighted by molar-refractivity contribution is 6.36. The van der Waals surface area contributed by atoms with Crippen molar-refractivity contribution in [2.75, 3.05) is 4.90 Å². The third-order valence-electron chi connectivity index (χ3n) is 4.72. The molecule has 0 saturated carbocycles. The molecule has 0 unspecified atom stereocenters. The van der Waals surface area contributed by atoms with Gasteiger partial charge in [-0.1, -0.05) is 42.5 Å². The number of phenolic OH excluding ortho intramolecular Hbond substituents is 1. The van der Waals surface area contributed by atoms with Crippen molar-refractivity contribution in [3.05, 3.63) is 87.5 Å². The molecule has 1 heterocycles. The fourth-order valence-electron chi connectivity index (χ4n) is 3.40. The van der Waals surface area contributed by atoms with E-state index in [1.54, 1.807) is 36.4 Å². The van der Waals surface area contributed by atoms with Crippen molar-refractivity contribution in [2.45, 2.75) is 6.92 Å². The fraction of sp³-hybridized carbons (Fsp3) is 0.0476. The van der Waals surface area contributed by atoms with Crippen LogP contribution < -0.4 is 4.90 Å². The van der Waals surface area contributed by atoms with E-state index in [0.29, 0.717) is 11.1 Å². The Morgan fingerprint density at radius 1 is 0.893 bits per heavy atom. The van der Waals surface area contributed by atoms with Gasteiger partial charge in [0.15, 0.2) is 0 Å². The largest absolute Gasteiger partial charge is 0.506 e. The number of imide groups is 1. The summed E-state index contributed by atoms with van der Waals surface area (Å²) in [4.78, 5) is 37.5. The van der Waals surface area contributed by atoms with Crippen molar-refractivity contribution in [3.63, 3.8) is 0 Å². The number of phenols is 1. The minimum Gasteiger partial charge on any atom is -0.506 e. The van der Waals surface area contributed by atoms with Gasteiger partial charge in [0, 0.05) is 17.2 Å². The summed E-state index contributed by atoms with van der Waals surface area (Å²) in [5, 5.41) is 21.7. The normalized spacial score (nSPS) is 13.0. The van der Waals surface area contributed by atoms with E-state index in [2.05, 4.69) is 0 Å². The Hall–Kier alpha value is -4.00. The van der Waals surface area contributed by atoms with E-state index in [0.717, 1.165) is 11.0 Å². The smallest absolute Gasteiger partial charge is 0.273 e. The van der Waals surface area contributed by atoms with Gasteiger partial charge in [0.2, 0.25) is 0 Å². The van der Waals surface area contributed by atoms with Crippen LogP contribution in [-0.4, -0.2) is 21.8 Å². The molecule has 0 saturated heterocycles. The topological polar surface area (TPSA) is 101 Å². The molecule has 2 amide bonds. The molecule has 7 heteroatoms. The summed E-state index contributed by atoms with van der Waals surface area (Å²) in [7, 11) is 0. The van der Waals surface area contributed by atoms with Gasteiger partial charge in [0.25, 0.3) is 17.5 Å². The van der Waals surface area contributed by atoms with E-state index in [4.69, 9.17) is 0 Å². The molecule has 3 aromatic carbocycles. The van der Waals surface area contributed by atoms with Crippen molar-refractivity contribution < 1.29 is 19.6 Å². The van der Waals surface area contributed by atoms with Gasteiger partial charge in [0.05, 0.1) is 16.1 Å². The van der Waals surface area contributed by atoms with E-state index >= 15 is 0 Å². The van der Waals surface area contributed by atoms with Gasteiger partial charge in [-0.05, 0) is 24.6 Å². The van der Waals surface area contributed by atoms with Crippen LogP contribution in [0.25, 0.3) is 11.1 Å². The number of nitrogens with zero attached hydrogens (tertiary/aromatic N) is 2. The number of anilines is 1. The average Bonchev–Trinajstić information content (AvgIpc) is 2.91. The Bertz CT molecular complexity index is 1150. The van der Waals surface area contributed by atoms with Crippen LogP contribution in [0.2, 0.25) is 0 Å². The summed E-state index contributed by atoms with van der Waals surface area (Å²) in [6.07, 6.45) is 0. The molecule has 0 radical (unpaired) electrons. The molecule has 28 heavy (non-hydrogen) atoms. The predicted molar refractivity (Wildman–Crippen MR) is 103 cm³/mol. The van der Waals surface area contributed by atoms with E-state index in [1.165, 1.54) is 19.1 Å². The number of carbonyl (C=O) groups excluding carboxylic acids is 2. The molecule has 3 aromatic rings. The quantitative estimate of drug-likeness (QED) is 0.423. The summed E-state index contributed by atoms with van der Waals surface area (Å²) in [5.74, 6) is -1.57. The van der Waals surface area contributed by atoms with Gasteiger partial charge in [0.1, 0.15) is 11.4 Å². The first-order valence-corrected chi connectivity index (χ1v) is 8.45. The van der Waals surface area contributed by atoms with Crippen molar-refractivity contribution in [1.29, 1.82) is 0 Å². The highest BCUT2D eigenvalue weighted by atomic mass is 16.6. The summed E-state index contributed by atoms with van der Waals surface area (Å²) >= 11 is 0. The molecule has 1 aliphatic heterocycles. The third kappa shape index (κ3) is 2.52. The molecule has 4 rings (SSSR count). The molecular weight excluding hydrogens is 360 g/mol. The van der Waals surface area contributed by atoms with E-state index in [1.807, 2.05) is 6.07 Å². The Morgan fingerprint density at radius 3 is 2.18 bits per heavy atom. The molecule has 0 fully saturated rings. The van der Waals surface area contributed by atoms with Gasteiger partial charge in [-0.15, -0.1) is 0 Å². The number of aromatic hydroxyl groups is 1. The van der Waals surface area contributed by atoms with Crippen LogP contribution in [0.1, 0.15) is 26.3 Å². The molecular formula is C21H14N2O5. The maximum Gasteiger partial charge on any atom is 0.273 e. The first-order valence-electron chi connectivity index (χ1n) is 8.45. The average molecular weight is 374 g/mol. The minimum atomic E-state index is -0.707. The number of hydrogen-bond donors (Lipinski definition) is 1. The second kappa shape index (κ2) is 6.31. The van der Waals surface area contributed by atoms with Gasteiger partial charge in [-0.25, -0.2) is 4.90 Å². The van der Waals surface area contributed by atoms with Crippen molar-refractivity contribution in [3.8, 4) is 16.9 Å². The fourth-order valence-corrected chi connectivity index (χ4v) is 3.40. The molecule has 138 valence electrons. The number of carbonyl (C=O) groups is 2. The summed E-state index contributed by atoms with van der Waals surface area (Å²) in [6.45, 7) is 1.51. The first kappa shape index (κ1) is 17.4. The SMILES string of the molecule is Cc1cc2c(cc1[N+](=O)[O-])C(=O)N(c1c(O)cccc1-c1ccccc1)C2=O. The number of fused-ring (bicyclic) bond motifs is 1. The number of hydrogen-bond acceptors (Lipinski definition) is 5. The van der Waals surface area contributed by atoms with E-state index < -0.39 is 16.7 Å². The highest BCUT2D eigenvalue weighted by Gasteiger charge is 2.40. The molecule has 1 aliphatic rings. The number of rotatable bonds is 3. The van der Waals surface area contributed by atoms with Gasteiger partial charge in [-0.2, -0.15) is 0 Å². The lowest BCUT2D eigenvalue weighted by Crippen LogP contribution is -2.30. The lowest BCUT2D eigenvalue weighted by Gasteiger charge is -2.19. The summed E-state index contributed by atoms with van der Waals surface area (Å²) in [5.41, 5.74) is 1.35. The van der Waals surface area contributed by atoms with Crippen LogP contribution in [0.4, 0.5) is 11.4 Å². The van der Waals surface area contributed by atoms with E-state index in [-0.39, 0.29) is 33.8 Å². The minimum absolute atomic E-state index is 0.0513. The molecule has 0 bridgehead atoms. The number of aryl methyl sites for hydroxylation is 1. The molecule has 1 N–H and O–H groups in total. The number of para-hydroxylation sites is 1. The van der Waals surface area contributed by atoms with Crippen LogP contribution in [0.15, 0.2) is 60.7 Å². The zero-order valence-electron chi connectivity index (χ0n) is 14.7. The Labute approximate surface area is 159 Å². The van der Waals surface area contributed by atoms with Gasteiger partial charge < -0.3 is 5.11 Å². The molecule has 0 aliphatic carbocycles. The summed E-state index contributed by atoms with van der Waals surface area (Å²) in [6, 6.07) is 16.2. The predicted octanol–water partition coefficient (Wildman–Crippen LogP) is 4.08. The maximum absolute atomic E-state index is 13.0. The first-order chi connectivity index (χ1) is 13.4. The highest BCUT2D eigenvalue weighted by Crippen LogP contribution is 2.42. The lowest BCUT2D eigenvalue weighted by molar-refractivity contribution is -0.385. The van der Waals surface area contributed by atoms with Crippen LogP contribution in [-0.2, 0) is 0 Å². The number of nitro groups is 1. The number of amides is 2. The van der Waals surface area contributed by atoms with Gasteiger partial charge >= 0.3 is 0 Å². The van der Waals surface area contributed by atoms with Crippen LogP contribution in [0.5, 0.6) is 5.75 Å². The second-order valence-corrected chi connectivity index (χ2v) is 6.43. The summed E-state index contributed by atoms with van der Waals surface area (Å²) < 4.78 is 0. The van der Waals surface area contributed by atoms with Crippen LogP contribution in [0.3, 0.4) is 0 Å². The van der Waals surface area contributed by atoms with Crippen molar-refractivity contribution in [2.24, 2.45) is 0 Å². The zero-order valence-corrected chi connectivity index (χ0v) is 14.7. The monoisotopic (exact) mass is 374 g/mol.